The van der Waals surface area contributed by atoms with E-state index in [1.165, 1.54) is 17.4 Å². The number of benzene rings is 1. The minimum atomic E-state index is -0.320. The number of likely N-dealkylation sites (N-methyl/N-ethyl adjacent to an activating group) is 2. The Morgan fingerprint density at radius 1 is 1.23 bits per heavy atom. The number of carbonyl (C=O) groups excluding carboxylic acids is 1. The Labute approximate surface area is 242 Å². The number of methoxy groups -OCH3 is 1. The number of amides is 1. The van der Waals surface area contributed by atoms with Crippen molar-refractivity contribution in [2.24, 2.45) is 0 Å². The molecule has 0 bridgehead atoms. The number of hydrogen-bond donors (Lipinski definition) is 3. The summed E-state index contributed by atoms with van der Waals surface area (Å²) in [4.78, 5) is 26.4. The zero-order valence-corrected chi connectivity index (χ0v) is 25.0. The van der Waals surface area contributed by atoms with Gasteiger partial charge in [-0.15, -0.1) is 16.4 Å². The Morgan fingerprint density at radius 3 is 2.67 bits per heavy atom. The van der Waals surface area contributed by atoms with Crippen molar-refractivity contribution in [3.8, 4) is 11.6 Å². The number of thiophene rings is 1. The van der Waals surface area contributed by atoms with Crippen molar-refractivity contribution in [2.45, 2.75) is 19.9 Å². The molecule has 0 saturated carbocycles. The number of aromatic nitrogens is 4. The van der Waals surface area contributed by atoms with Crippen molar-refractivity contribution in [3.05, 3.63) is 47.5 Å². The molecule has 4 rings (SSSR count). The molecule has 13 heteroatoms. The number of ether oxygens (including phenoxy) is 1. The van der Waals surface area contributed by atoms with Crippen LogP contribution >= 0.6 is 22.9 Å². The molecule has 0 aliphatic heterocycles. The second-order valence-electron chi connectivity index (χ2n) is 9.68. The summed E-state index contributed by atoms with van der Waals surface area (Å²) in [5.74, 6) is 1.87. The van der Waals surface area contributed by atoms with Crippen molar-refractivity contribution in [2.75, 3.05) is 62.2 Å². The van der Waals surface area contributed by atoms with Crippen LogP contribution in [0.1, 0.15) is 13.8 Å². The summed E-state index contributed by atoms with van der Waals surface area (Å²) in [6.07, 6.45) is 2.89. The minimum Gasteiger partial charge on any atom is -0.494 e. The van der Waals surface area contributed by atoms with Gasteiger partial charge in [-0.1, -0.05) is 18.2 Å². The highest BCUT2D eigenvalue weighted by Gasteiger charge is 2.19. The third-order valence-corrected chi connectivity index (χ3v) is 7.15. The third-order valence-electron chi connectivity index (χ3n) is 5.91. The molecule has 212 valence electrons. The van der Waals surface area contributed by atoms with E-state index in [-0.39, 0.29) is 11.9 Å². The third kappa shape index (κ3) is 6.64. The summed E-state index contributed by atoms with van der Waals surface area (Å²) in [5.41, 5.74) is 1.97. The summed E-state index contributed by atoms with van der Waals surface area (Å²) in [6, 6.07) is 7.54. The van der Waals surface area contributed by atoms with Crippen LogP contribution in [0, 0.1) is 0 Å². The van der Waals surface area contributed by atoms with Crippen LogP contribution in [0.3, 0.4) is 0 Å². The molecule has 3 N–H and O–H groups in total. The van der Waals surface area contributed by atoms with Gasteiger partial charge in [0.15, 0.2) is 11.6 Å². The Hall–Kier alpha value is -3.87. The lowest BCUT2D eigenvalue weighted by Gasteiger charge is -2.26. The van der Waals surface area contributed by atoms with E-state index < -0.39 is 0 Å². The van der Waals surface area contributed by atoms with Gasteiger partial charge in [-0.05, 0) is 46.2 Å². The van der Waals surface area contributed by atoms with Crippen LogP contribution < -0.4 is 25.6 Å². The number of halogens is 1. The minimum absolute atomic E-state index is 0.195. The molecule has 0 spiro atoms. The highest BCUT2D eigenvalue weighted by molar-refractivity contribution is 7.22. The number of anilines is 5. The lowest BCUT2D eigenvalue weighted by molar-refractivity contribution is -0.111. The summed E-state index contributed by atoms with van der Waals surface area (Å²) in [5, 5.41) is 15.2. The number of nitrogens with one attached hydrogen (secondary N) is 3. The lowest BCUT2D eigenvalue weighted by Crippen LogP contribution is -2.29. The topological polar surface area (TPSA) is 112 Å². The Morgan fingerprint density at radius 2 is 2.00 bits per heavy atom. The molecule has 0 saturated heterocycles. The van der Waals surface area contributed by atoms with E-state index in [1.54, 1.807) is 30.1 Å². The Balaban J connectivity index is 1.71. The van der Waals surface area contributed by atoms with Crippen LogP contribution in [0.15, 0.2) is 43.1 Å². The van der Waals surface area contributed by atoms with Gasteiger partial charge in [0.1, 0.15) is 10.6 Å². The highest BCUT2D eigenvalue weighted by Crippen LogP contribution is 2.39. The van der Waals surface area contributed by atoms with Crippen molar-refractivity contribution in [3.63, 3.8) is 0 Å². The normalized spacial score (nSPS) is 11.2. The van der Waals surface area contributed by atoms with Gasteiger partial charge in [-0.25, -0.2) is 9.67 Å². The van der Waals surface area contributed by atoms with Gasteiger partial charge >= 0.3 is 0 Å². The molecule has 0 aliphatic carbocycles. The van der Waals surface area contributed by atoms with Crippen LogP contribution in [-0.4, -0.2) is 77.9 Å². The lowest BCUT2D eigenvalue weighted by atomic mass is 10.2. The summed E-state index contributed by atoms with van der Waals surface area (Å²) < 4.78 is 8.12. The monoisotopic (exact) mass is 583 g/mol. The number of fused-ring (bicyclic) bond motifs is 1. The summed E-state index contributed by atoms with van der Waals surface area (Å²) >= 11 is 7.77. The van der Waals surface area contributed by atoms with Crippen LogP contribution in [0.2, 0.25) is 4.34 Å². The Bertz CT molecular complexity index is 1520. The average molecular weight is 584 g/mol. The molecule has 3 aromatic heterocycles. The molecular formula is C27H34ClN9O2S. The molecule has 4 aromatic rings. The molecule has 0 atom stereocenters. The van der Waals surface area contributed by atoms with E-state index in [9.17, 15) is 4.79 Å². The van der Waals surface area contributed by atoms with Crippen molar-refractivity contribution >= 4 is 67.9 Å². The second kappa shape index (κ2) is 12.5. The van der Waals surface area contributed by atoms with Gasteiger partial charge < -0.3 is 30.5 Å². The fourth-order valence-electron chi connectivity index (χ4n) is 3.97. The van der Waals surface area contributed by atoms with Gasteiger partial charge in [0.05, 0.1) is 33.9 Å². The van der Waals surface area contributed by atoms with E-state index in [4.69, 9.17) is 26.4 Å². The van der Waals surface area contributed by atoms with Crippen LogP contribution in [0.25, 0.3) is 16.0 Å². The maximum atomic E-state index is 12.3. The van der Waals surface area contributed by atoms with E-state index in [0.717, 1.165) is 34.8 Å². The maximum absolute atomic E-state index is 12.3. The van der Waals surface area contributed by atoms with Gasteiger partial charge in [0, 0.05) is 44.5 Å². The SMILES string of the molecule is C=CC(=O)Nc1cc(Nc2nccc(-n3nc(NC(C)C)c4cc(Cl)sc43)n2)c(OC)cc1N(C)CCN(C)C. The first kappa shape index (κ1) is 29.1. The smallest absolute Gasteiger partial charge is 0.247 e. The molecule has 0 unspecified atom stereocenters. The number of rotatable bonds is 12. The maximum Gasteiger partial charge on any atom is 0.247 e. The van der Waals surface area contributed by atoms with Gasteiger partial charge in [0.25, 0.3) is 0 Å². The molecule has 0 fully saturated rings. The van der Waals surface area contributed by atoms with E-state index in [1.807, 2.05) is 33.3 Å². The number of nitrogens with zero attached hydrogens (tertiary/aromatic N) is 6. The first-order valence-corrected chi connectivity index (χ1v) is 13.9. The Kier molecular flexibility index (Phi) is 9.13. The molecule has 3 heterocycles. The zero-order chi connectivity index (χ0) is 29.0. The van der Waals surface area contributed by atoms with Crippen molar-refractivity contribution in [1.82, 2.24) is 24.6 Å². The summed E-state index contributed by atoms with van der Waals surface area (Å²) in [6.45, 7) is 9.26. The number of carbonyl (C=O) groups is 1. The zero-order valence-electron chi connectivity index (χ0n) is 23.4. The van der Waals surface area contributed by atoms with Gasteiger partial charge in [-0.3, -0.25) is 4.79 Å². The first-order chi connectivity index (χ1) is 19.1. The molecule has 0 aliphatic rings. The molecule has 0 radical (unpaired) electrons. The quantitative estimate of drug-likeness (QED) is 0.193. The van der Waals surface area contributed by atoms with Gasteiger partial charge in [-0.2, -0.15) is 4.98 Å². The fourth-order valence-corrected chi connectivity index (χ4v) is 5.14. The predicted octanol–water partition coefficient (Wildman–Crippen LogP) is 5.23. The average Bonchev–Trinajstić information content (AvgIpc) is 3.44. The first-order valence-electron chi connectivity index (χ1n) is 12.7. The fraction of sp³-hybridized carbons (Fsp3) is 0.333. The molecule has 40 heavy (non-hydrogen) atoms. The van der Waals surface area contributed by atoms with Crippen molar-refractivity contribution in [1.29, 1.82) is 0 Å². The molecule has 1 aromatic carbocycles. The van der Waals surface area contributed by atoms with Gasteiger partial charge in [0.2, 0.25) is 11.9 Å². The highest BCUT2D eigenvalue weighted by atomic mass is 35.5. The predicted molar refractivity (Wildman–Crippen MR) is 165 cm³/mol. The molecule has 1 amide bonds. The second-order valence-corrected chi connectivity index (χ2v) is 11.3. The standard InChI is InChI=1S/C27H34ClN9O2S/c1-8-24(38)31-18-14-19(21(39-7)15-20(18)36(6)12-11-35(4)5)32-27-29-10-9-23(33-27)37-26-17(13-22(28)40-26)25(34-37)30-16(2)3/h8-10,13-16H,1,11-12H2,2-7H3,(H,30,34)(H,31,38)(H,29,32,33). The van der Waals surface area contributed by atoms with E-state index in [2.05, 4.69) is 51.2 Å². The van der Waals surface area contributed by atoms with Crippen LogP contribution in [-0.2, 0) is 4.79 Å². The molecular weight excluding hydrogens is 550 g/mol. The largest absolute Gasteiger partial charge is 0.494 e. The molecule has 11 nitrogen and oxygen atoms in total. The summed E-state index contributed by atoms with van der Waals surface area (Å²) in [7, 11) is 7.58. The van der Waals surface area contributed by atoms with Crippen LogP contribution in [0.4, 0.5) is 28.8 Å². The van der Waals surface area contributed by atoms with Crippen LogP contribution in [0.5, 0.6) is 5.75 Å². The van der Waals surface area contributed by atoms with E-state index in [0.29, 0.717) is 33.2 Å². The van der Waals surface area contributed by atoms with E-state index >= 15 is 0 Å². The number of hydrogen-bond acceptors (Lipinski definition) is 10. The van der Waals surface area contributed by atoms with Crippen molar-refractivity contribution < 1.29 is 9.53 Å².